The summed E-state index contributed by atoms with van der Waals surface area (Å²) < 4.78 is 23.3. The fourth-order valence-corrected chi connectivity index (χ4v) is 1.24. The molecule has 17 heavy (non-hydrogen) atoms. The average Bonchev–Trinajstić information content (AvgIpc) is 2.74. The first-order chi connectivity index (χ1) is 8.28. The van der Waals surface area contributed by atoms with Gasteiger partial charge in [0, 0.05) is 12.3 Å². The third-order valence-electron chi connectivity index (χ3n) is 1.97. The van der Waals surface area contributed by atoms with Crippen molar-refractivity contribution in [1.29, 1.82) is 0 Å². The zero-order chi connectivity index (χ0) is 12.1. The molecule has 1 aromatic carbocycles. The first kappa shape index (κ1) is 11.5. The maximum Gasteiger partial charge on any atom is 0.320 e. The Labute approximate surface area is 97.6 Å². The molecule has 0 amide bonds. The molecule has 0 aliphatic heterocycles. The molecule has 0 atom stereocenters. The van der Waals surface area contributed by atoms with E-state index in [2.05, 4.69) is 15.5 Å². The Balaban J connectivity index is 2.01. The molecule has 0 spiro atoms. The predicted molar refractivity (Wildman–Crippen MR) is 59.3 cm³/mol. The van der Waals surface area contributed by atoms with Gasteiger partial charge in [0.2, 0.25) is 5.89 Å². The molecule has 1 heterocycles. The van der Waals surface area contributed by atoms with Crippen molar-refractivity contribution in [3.63, 3.8) is 0 Å². The highest BCUT2D eigenvalue weighted by atomic mass is 19.1. The average molecular weight is 237 g/mol. The van der Waals surface area contributed by atoms with Gasteiger partial charge in [-0.1, -0.05) is 11.2 Å². The summed E-state index contributed by atoms with van der Waals surface area (Å²) in [6, 6.07) is 6.21. The molecule has 6 heteroatoms. The second kappa shape index (κ2) is 5.40. The summed E-state index contributed by atoms with van der Waals surface area (Å²) in [5.41, 5.74) is 0.552. The largest absolute Gasteiger partial charge is 0.405 e. The molecule has 0 unspecified atom stereocenters. The summed E-state index contributed by atoms with van der Waals surface area (Å²) in [7, 11) is 0. The number of hydrogen-bond donors (Lipinski definition) is 1. The molecule has 0 radical (unpaired) electrons. The zero-order valence-corrected chi connectivity index (χ0v) is 9.31. The lowest BCUT2D eigenvalue weighted by atomic mass is 10.3. The van der Waals surface area contributed by atoms with E-state index >= 15 is 0 Å². The minimum Gasteiger partial charge on any atom is -0.405 e. The molecule has 0 fully saturated rings. The van der Waals surface area contributed by atoms with Gasteiger partial charge in [0.25, 0.3) is 0 Å². The van der Waals surface area contributed by atoms with Crippen LogP contribution in [0.25, 0.3) is 0 Å². The molecule has 90 valence electrons. The number of halogens is 1. The number of hydrogen-bond acceptors (Lipinski definition) is 5. The highest BCUT2D eigenvalue weighted by molar-refractivity contribution is 5.51. The fraction of sp³-hybridized carbons (Fsp3) is 0.273. The second-order valence-corrected chi connectivity index (χ2v) is 3.27. The van der Waals surface area contributed by atoms with Crippen LogP contribution in [0.5, 0.6) is 0 Å². The van der Waals surface area contributed by atoms with E-state index in [0.29, 0.717) is 18.2 Å². The number of nitrogens with zero attached hydrogens (tertiary/aromatic N) is 2. The minimum absolute atomic E-state index is 0.213. The number of ether oxygens (including phenoxy) is 1. The normalized spacial score (nSPS) is 10.5. The first-order valence-corrected chi connectivity index (χ1v) is 5.20. The number of anilines is 2. The van der Waals surface area contributed by atoms with Gasteiger partial charge in [-0.25, -0.2) is 4.39 Å². The van der Waals surface area contributed by atoms with Crippen molar-refractivity contribution in [2.45, 2.75) is 13.5 Å². The minimum atomic E-state index is -0.330. The summed E-state index contributed by atoms with van der Waals surface area (Å²) in [5.74, 6) is 0.0507. The maximum absolute atomic E-state index is 12.9. The van der Waals surface area contributed by atoms with Crippen LogP contribution in [0.3, 0.4) is 0 Å². The molecular formula is C11H12FN3O2. The lowest BCUT2D eigenvalue weighted by molar-refractivity contribution is 0.115. The summed E-state index contributed by atoms with van der Waals surface area (Å²) in [6.45, 7) is 2.73. The van der Waals surface area contributed by atoms with Crippen molar-refractivity contribution in [2.75, 3.05) is 11.9 Å². The Morgan fingerprint density at radius 3 is 3.06 bits per heavy atom. The van der Waals surface area contributed by atoms with Crippen LogP contribution in [0, 0.1) is 5.82 Å². The van der Waals surface area contributed by atoms with Crippen molar-refractivity contribution in [3.8, 4) is 0 Å². The van der Waals surface area contributed by atoms with Crippen LogP contribution in [0.2, 0.25) is 0 Å². The van der Waals surface area contributed by atoms with E-state index in [1.807, 2.05) is 6.92 Å². The standard InChI is InChI=1S/C11H12FN3O2/c1-2-16-7-10-14-15-11(17-10)13-9-5-3-4-8(12)6-9/h3-6H,2,7H2,1H3,(H,13,15). The van der Waals surface area contributed by atoms with Gasteiger partial charge in [-0.2, -0.15) is 0 Å². The van der Waals surface area contributed by atoms with Crippen molar-refractivity contribution in [2.24, 2.45) is 0 Å². The van der Waals surface area contributed by atoms with Crippen molar-refractivity contribution >= 4 is 11.7 Å². The zero-order valence-electron chi connectivity index (χ0n) is 9.31. The Morgan fingerprint density at radius 2 is 2.29 bits per heavy atom. The summed E-state index contributed by atoms with van der Waals surface area (Å²) in [4.78, 5) is 0. The van der Waals surface area contributed by atoms with E-state index in [4.69, 9.17) is 9.15 Å². The number of rotatable bonds is 5. The van der Waals surface area contributed by atoms with Crippen LogP contribution in [0.4, 0.5) is 16.1 Å². The van der Waals surface area contributed by atoms with Gasteiger partial charge in [0.05, 0.1) is 0 Å². The lowest BCUT2D eigenvalue weighted by Crippen LogP contribution is -1.91. The van der Waals surface area contributed by atoms with Gasteiger partial charge in [0.15, 0.2) is 0 Å². The van der Waals surface area contributed by atoms with Crippen LogP contribution in [-0.2, 0) is 11.3 Å². The van der Waals surface area contributed by atoms with Gasteiger partial charge in [-0.15, -0.1) is 5.10 Å². The van der Waals surface area contributed by atoms with E-state index in [1.165, 1.54) is 12.1 Å². The van der Waals surface area contributed by atoms with Crippen molar-refractivity contribution in [1.82, 2.24) is 10.2 Å². The molecule has 2 rings (SSSR count). The predicted octanol–water partition coefficient (Wildman–Crippen LogP) is 2.49. The maximum atomic E-state index is 12.9. The molecule has 0 aliphatic carbocycles. The fourth-order valence-electron chi connectivity index (χ4n) is 1.24. The number of benzene rings is 1. The van der Waals surface area contributed by atoms with Gasteiger partial charge in [0.1, 0.15) is 12.4 Å². The van der Waals surface area contributed by atoms with Gasteiger partial charge < -0.3 is 14.5 Å². The third kappa shape index (κ3) is 3.25. The smallest absolute Gasteiger partial charge is 0.320 e. The molecule has 0 saturated carbocycles. The SMILES string of the molecule is CCOCc1nnc(Nc2cccc(F)c2)o1. The van der Waals surface area contributed by atoms with Crippen molar-refractivity contribution in [3.05, 3.63) is 36.0 Å². The molecule has 0 bridgehead atoms. The first-order valence-electron chi connectivity index (χ1n) is 5.20. The molecule has 0 aliphatic rings. The van der Waals surface area contributed by atoms with E-state index in [-0.39, 0.29) is 18.4 Å². The number of aromatic nitrogens is 2. The van der Waals surface area contributed by atoms with Crippen LogP contribution in [-0.4, -0.2) is 16.8 Å². The Kier molecular flexibility index (Phi) is 3.66. The molecule has 1 aromatic heterocycles. The van der Waals surface area contributed by atoms with E-state index in [1.54, 1.807) is 12.1 Å². The second-order valence-electron chi connectivity index (χ2n) is 3.27. The monoisotopic (exact) mass is 237 g/mol. The van der Waals surface area contributed by atoms with Gasteiger partial charge in [-0.05, 0) is 25.1 Å². The summed E-state index contributed by atoms with van der Waals surface area (Å²) in [5, 5.41) is 10.3. The molecule has 5 nitrogen and oxygen atoms in total. The van der Waals surface area contributed by atoms with Crippen LogP contribution in [0.1, 0.15) is 12.8 Å². The lowest BCUT2D eigenvalue weighted by Gasteiger charge is -2.00. The van der Waals surface area contributed by atoms with Crippen LogP contribution < -0.4 is 5.32 Å². The van der Waals surface area contributed by atoms with Gasteiger partial charge >= 0.3 is 6.01 Å². The van der Waals surface area contributed by atoms with Crippen LogP contribution in [0.15, 0.2) is 28.7 Å². The molecule has 2 aromatic rings. The highest BCUT2D eigenvalue weighted by Crippen LogP contribution is 2.16. The third-order valence-corrected chi connectivity index (χ3v) is 1.97. The van der Waals surface area contributed by atoms with Crippen LogP contribution >= 0.6 is 0 Å². The Hall–Kier alpha value is -1.95. The van der Waals surface area contributed by atoms with E-state index < -0.39 is 0 Å². The topological polar surface area (TPSA) is 60.2 Å². The summed E-state index contributed by atoms with van der Waals surface area (Å²) in [6.07, 6.45) is 0. The molecular weight excluding hydrogens is 225 g/mol. The van der Waals surface area contributed by atoms with Gasteiger partial charge in [-0.3, -0.25) is 0 Å². The Morgan fingerprint density at radius 1 is 1.41 bits per heavy atom. The van der Waals surface area contributed by atoms with E-state index in [9.17, 15) is 4.39 Å². The Bertz CT molecular complexity index is 487. The molecule has 0 saturated heterocycles. The number of nitrogens with one attached hydrogen (secondary N) is 1. The molecule has 1 N–H and O–H groups in total. The van der Waals surface area contributed by atoms with Crippen molar-refractivity contribution < 1.29 is 13.5 Å². The quantitative estimate of drug-likeness (QED) is 0.865. The van der Waals surface area contributed by atoms with E-state index in [0.717, 1.165) is 0 Å². The highest BCUT2D eigenvalue weighted by Gasteiger charge is 2.06. The summed E-state index contributed by atoms with van der Waals surface area (Å²) >= 11 is 0.